The van der Waals surface area contributed by atoms with E-state index in [1.807, 2.05) is 0 Å². The molecular formula is C8H20N2S. The minimum atomic E-state index is 0.782. The first kappa shape index (κ1) is 11.3. The maximum atomic E-state index is 3.27. The molecule has 1 atom stereocenters. The SMILES string of the molecule is CSNCC(C)CCN(C)C. The summed E-state index contributed by atoms with van der Waals surface area (Å²) in [5.41, 5.74) is 0. The van der Waals surface area contributed by atoms with E-state index in [0.717, 1.165) is 12.5 Å². The molecule has 1 unspecified atom stereocenters. The summed E-state index contributed by atoms with van der Waals surface area (Å²) in [7, 11) is 4.24. The lowest BCUT2D eigenvalue weighted by atomic mass is 10.1. The van der Waals surface area contributed by atoms with Crippen molar-refractivity contribution < 1.29 is 0 Å². The highest BCUT2D eigenvalue weighted by molar-refractivity contribution is 7.96. The predicted octanol–water partition coefficient (Wildman–Crippen LogP) is 1.44. The zero-order valence-electron chi connectivity index (χ0n) is 8.05. The van der Waals surface area contributed by atoms with Gasteiger partial charge in [0, 0.05) is 6.54 Å². The van der Waals surface area contributed by atoms with Crippen LogP contribution in [0, 0.1) is 5.92 Å². The zero-order chi connectivity index (χ0) is 8.69. The average Bonchev–Trinajstić information content (AvgIpc) is 1.97. The molecule has 0 radical (unpaired) electrons. The molecule has 1 N–H and O–H groups in total. The third-order valence-electron chi connectivity index (χ3n) is 1.65. The Kier molecular flexibility index (Phi) is 7.12. The van der Waals surface area contributed by atoms with Gasteiger partial charge in [0.05, 0.1) is 0 Å². The lowest BCUT2D eigenvalue weighted by molar-refractivity contribution is 0.361. The Balaban J connectivity index is 3.15. The van der Waals surface area contributed by atoms with Gasteiger partial charge < -0.3 is 4.90 Å². The van der Waals surface area contributed by atoms with Crippen LogP contribution in [0.3, 0.4) is 0 Å². The van der Waals surface area contributed by atoms with Crippen molar-refractivity contribution in [2.24, 2.45) is 5.92 Å². The van der Waals surface area contributed by atoms with Gasteiger partial charge in [0.1, 0.15) is 0 Å². The van der Waals surface area contributed by atoms with E-state index in [0.29, 0.717) is 0 Å². The number of hydrogen-bond donors (Lipinski definition) is 1. The molecule has 68 valence electrons. The Hall–Kier alpha value is 0.270. The Morgan fingerprint density at radius 2 is 2.09 bits per heavy atom. The minimum absolute atomic E-state index is 0.782. The summed E-state index contributed by atoms with van der Waals surface area (Å²) in [5, 5.41) is 0. The molecule has 0 rings (SSSR count). The van der Waals surface area contributed by atoms with Gasteiger partial charge in [0.25, 0.3) is 0 Å². The lowest BCUT2D eigenvalue weighted by Crippen LogP contribution is -2.20. The largest absolute Gasteiger partial charge is 0.309 e. The van der Waals surface area contributed by atoms with Crippen LogP contribution in [0.4, 0.5) is 0 Å². The standard InChI is InChI=1S/C8H20N2S/c1-8(7-9-11-4)5-6-10(2)3/h8-9H,5-7H2,1-4H3. The molecule has 0 saturated carbocycles. The fourth-order valence-corrected chi connectivity index (χ4v) is 1.26. The van der Waals surface area contributed by atoms with Crippen LogP contribution in [-0.4, -0.2) is 38.3 Å². The fraction of sp³-hybridized carbons (Fsp3) is 1.00. The summed E-state index contributed by atoms with van der Waals surface area (Å²) in [6, 6.07) is 0. The Morgan fingerprint density at radius 1 is 1.45 bits per heavy atom. The van der Waals surface area contributed by atoms with Gasteiger partial charge in [-0.2, -0.15) is 0 Å². The van der Waals surface area contributed by atoms with Crippen LogP contribution in [-0.2, 0) is 0 Å². The second kappa shape index (κ2) is 6.95. The van der Waals surface area contributed by atoms with Crippen molar-refractivity contribution in [2.75, 3.05) is 33.4 Å². The summed E-state index contributed by atoms with van der Waals surface area (Å²) in [6.07, 6.45) is 3.35. The van der Waals surface area contributed by atoms with Crippen LogP contribution in [0.1, 0.15) is 13.3 Å². The molecule has 0 aromatic carbocycles. The Morgan fingerprint density at radius 3 is 2.55 bits per heavy atom. The van der Waals surface area contributed by atoms with Crippen molar-refractivity contribution in [2.45, 2.75) is 13.3 Å². The van der Waals surface area contributed by atoms with Crippen LogP contribution >= 0.6 is 11.9 Å². The van der Waals surface area contributed by atoms with E-state index < -0.39 is 0 Å². The van der Waals surface area contributed by atoms with Crippen molar-refractivity contribution in [3.63, 3.8) is 0 Å². The number of nitrogens with one attached hydrogen (secondary N) is 1. The van der Waals surface area contributed by atoms with Gasteiger partial charge in [-0.05, 0) is 39.2 Å². The third-order valence-corrected chi connectivity index (χ3v) is 2.10. The van der Waals surface area contributed by atoms with Crippen LogP contribution in [0.5, 0.6) is 0 Å². The number of rotatable bonds is 6. The van der Waals surface area contributed by atoms with Crippen LogP contribution in [0.25, 0.3) is 0 Å². The Labute approximate surface area is 74.9 Å². The van der Waals surface area contributed by atoms with Crippen molar-refractivity contribution >= 4 is 11.9 Å². The first-order chi connectivity index (χ1) is 5.16. The highest BCUT2D eigenvalue weighted by atomic mass is 32.2. The zero-order valence-corrected chi connectivity index (χ0v) is 8.87. The van der Waals surface area contributed by atoms with E-state index >= 15 is 0 Å². The smallest absolute Gasteiger partial charge is 0.00846 e. The monoisotopic (exact) mass is 176 g/mol. The fourth-order valence-electron chi connectivity index (χ4n) is 0.806. The summed E-state index contributed by atoms with van der Waals surface area (Å²) in [6.45, 7) is 4.60. The molecule has 2 nitrogen and oxygen atoms in total. The molecule has 0 aliphatic carbocycles. The average molecular weight is 176 g/mol. The van der Waals surface area contributed by atoms with Crippen LogP contribution in [0.15, 0.2) is 0 Å². The molecule has 0 aromatic heterocycles. The summed E-state index contributed by atoms with van der Waals surface area (Å²) >= 11 is 1.70. The molecular weight excluding hydrogens is 156 g/mol. The summed E-state index contributed by atoms with van der Waals surface area (Å²) in [5.74, 6) is 0.782. The molecule has 0 aliphatic heterocycles. The summed E-state index contributed by atoms with van der Waals surface area (Å²) < 4.78 is 3.27. The quantitative estimate of drug-likeness (QED) is 0.617. The molecule has 0 bridgehead atoms. The third kappa shape index (κ3) is 8.17. The molecule has 0 heterocycles. The van der Waals surface area contributed by atoms with Crippen molar-refractivity contribution in [1.82, 2.24) is 9.62 Å². The van der Waals surface area contributed by atoms with E-state index in [4.69, 9.17) is 0 Å². The highest BCUT2D eigenvalue weighted by Crippen LogP contribution is 2.01. The maximum Gasteiger partial charge on any atom is 0.00846 e. The van der Waals surface area contributed by atoms with Gasteiger partial charge in [-0.1, -0.05) is 18.9 Å². The van der Waals surface area contributed by atoms with Crippen molar-refractivity contribution in [3.8, 4) is 0 Å². The van der Waals surface area contributed by atoms with Crippen molar-refractivity contribution in [3.05, 3.63) is 0 Å². The highest BCUT2D eigenvalue weighted by Gasteiger charge is 2.00. The van der Waals surface area contributed by atoms with E-state index in [9.17, 15) is 0 Å². The molecule has 3 heteroatoms. The van der Waals surface area contributed by atoms with E-state index in [1.54, 1.807) is 11.9 Å². The first-order valence-electron chi connectivity index (χ1n) is 4.07. The van der Waals surface area contributed by atoms with Gasteiger partial charge in [-0.3, -0.25) is 4.72 Å². The number of nitrogens with zero attached hydrogens (tertiary/aromatic N) is 1. The van der Waals surface area contributed by atoms with Gasteiger partial charge in [0.2, 0.25) is 0 Å². The molecule has 0 saturated heterocycles. The number of hydrogen-bond acceptors (Lipinski definition) is 3. The van der Waals surface area contributed by atoms with Gasteiger partial charge >= 0.3 is 0 Å². The summed E-state index contributed by atoms with van der Waals surface area (Å²) in [4.78, 5) is 2.23. The van der Waals surface area contributed by atoms with E-state index in [2.05, 4.69) is 36.9 Å². The second-order valence-corrected chi connectivity index (χ2v) is 3.95. The van der Waals surface area contributed by atoms with Crippen LogP contribution in [0.2, 0.25) is 0 Å². The molecule has 0 amide bonds. The second-order valence-electron chi connectivity index (χ2n) is 3.25. The van der Waals surface area contributed by atoms with E-state index in [1.165, 1.54) is 13.0 Å². The predicted molar refractivity (Wildman–Crippen MR) is 53.9 cm³/mol. The molecule has 11 heavy (non-hydrogen) atoms. The minimum Gasteiger partial charge on any atom is -0.309 e. The molecule has 0 spiro atoms. The first-order valence-corrected chi connectivity index (χ1v) is 5.30. The molecule has 0 fully saturated rings. The van der Waals surface area contributed by atoms with Crippen LogP contribution < -0.4 is 4.72 Å². The van der Waals surface area contributed by atoms with Gasteiger partial charge in [-0.25, -0.2) is 0 Å². The molecule has 0 aromatic rings. The maximum absolute atomic E-state index is 3.27. The van der Waals surface area contributed by atoms with Gasteiger partial charge in [0.15, 0.2) is 0 Å². The lowest BCUT2D eigenvalue weighted by Gasteiger charge is -2.14. The van der Waals surface area contributed by atoms with E-state index in [-0.39, 0.29) is 0 Å². The van der Waals surface area contributed by atoms with Gasteiger partial charge in [-0.15, -0.1) is 0 Å². The topological polar surface area (TPSA) is 15.3 Å². The van der Waals surface area contributed by atoms with Crippen molar-refractivity contribution in [1.29, 1.82) is 0 Å². The molecule has 0 aliphatic rings. The normalized spacial score (nSPS) is 13.9. The Bertz CT molecular complexity index is 86.2.